The number of rotatable bonds is 6. The van der Waals surface area contributed by atoms with E-state index in [1.165, 1.54) is 64.5 Å². The lowest BCUT2D eigenvalue weighted by Crippen LogP contribution is -2.54. The Labute approximate surface area is 158 Å². The summed E-state index contributed by atoms with van der Waals surface area (Å²) in [6, 6.07) is 0.200. The quantitative estimate of drug-likeness (QED) is 0.380. The van der Waals surface area contributed by atoms with Gasteiger partial charge < -0.3 is 15.8 Å². The van der Waals surface area contributed by atoms with Gasteiger partial charge in [0.05, 0.1) is 13.2 Å². The highest BCUT2D eigenvalue weighted by molar-refractivity contribution is 14.0. The van der Waals surface area contributed by atoms with Crippen LogP contribution in [0.3, 0.4) is 0 Å². The molecule has 2 rings (SSSR count). The molecule has 1 heterocycles. The molecular weight excluding hydrogens is 403 g/mol. The van der Waals surface area contributed by atoms with Crippen LogP contribution in [-0.2, 0) is 4.74 Å². The molecule has 2 fully saturated rings. The molecule has 1 saturated heterocycles. The minimum absolute atomic E-state index is 0. The number of likely N-dealkylation sites (tertiary alicyclic amines) is 1. The van der Waals surface area contributed by atoms with Gasteiger partial charge >= 0.3 is 0 Å². The molecule has 0 radical (unpaired) electrons. The van der Waals surface area contributed by atoms with Crippen molar-refractivity contribution in [3.8, 4) is 0 Å². The highest BCUT2D eigenvalue weighted by Gasteiger charge is 2.38. The minimum Gasteiger partial charge on any atom is -0.383 e. The SMILES string of the molecule is COCC(C)NC(N)=NCC1(N2CCCCC2)CCCCC1.I. The third-order valence-corrected chi connectivity index (χ3v) is 5.17. The highest BCUT2D eigenvalue weighted by Crippen LogP contribution is 2.35. The number of nitrogens with two attached hydrogens (primary N) is 1. The first-order valence-corrected chi connectivity index (χ1v) is 8.97. The van der Waals surface area contributed by atoms with Gasteiger partial charge in [0.15, 0.2) is 5.96 Å². The van der Waals surface area contributed by atoms with Crippen LogP contribution in [-0.4, -0.2) is 55.8 Å². The predicted molar refractivity (Wildman–Crippen MR) is 108 cm³/mol. The zero-order valence-corrected chi connectivity index (χ0v) is 17.2. The van der Waals surface area contributed by atoms with E-state index in [4.69, 9.17) is 15.5 Å². The summed E-state index contributed by atoms with van der Waals surface area (Å²) in [4.78, 5) is 7.42. The van der Waals surface area contributed by atoms with Crippen LogP contribution in [0.4, 0.5) is 0 Å². The summed E-state index contributed by atoms with van der Waals surface area (Å²) in [5.74, 6) is 0.562. The van der Waals surface area contributed by atoms with E-state index < -0.39 is 0 Å². The largest absolute Gasteiger partial charge is 0.383 e. The van der Waals surface area contributed by atoms with Gasteiger partial charge in [-0.05, 0) is 45.7 Å². The molecule has 0 bridgehead atoms. The summed E-state index contributed by atoms with van der Waals surface area (Å²) in [5.41, 5.74) is 6.33. The second-order valence-corrected chi connectivity index (χ2v) is 7.03. The van der Waals surface area contributed by atoms with Crippen molar-refractivity contribution < 1.29 is 4.74 Å². The van der Waals surface area contributed by atoms with Gasteiger partial charge in [0.25, 0.3) is 0 Å². The van der Waals surface area contributed by atoms with Gasteiger partial charge in [0, 0.05) is 18.7 Å². The van der Waals surface area contributed by atoms with Crippen molar-refractivity contribution in [1.29, 1.82) is 0 Å². The number of ether oxygens (including phenoxy) is 1. The molecule has 3 N–H and O–H groups in total. The number of hydrogen-bond donors (Lipinski definition) is 2. The fourth-order valence-electron chi connectivity index (χ4n) is 3.97. The normalized spacial score (nSPS) is 23.8. The standard InChI is InChI=1S/C17H34N4O.HI/c1-15(13-22-2)20-16(18)19-14-17(9-5-3-6-10-17)21-11-7-4-8-12-21;/h15H,3-14H2,1-2H3,(H3,18,19,20);1H. The predicted octanol–water partition coefficient (Wildman–Crippen LogP) is 2.73. The maximum atomic E-state index is 6.08. The first kappa shape index (κ1) is 21.0. The molecule has 1 atom stereocenters. The Balaban J connectivity index is 0.00000264. The Morgan fingerprint density at radius 1 is 1.17 bits per heavy atom. The third-order valence-electron chi connectivity index (χ3n) is 5.17. The molecule has 0 amide bonds. The van der Waals surface area contributed by atoms with Gasteiger partial charge in [-0.2, -0.15) is 0 Å². The van der Waals surface area contributed by atoms with E-state index in [1.54, 1.807) is 7.11 Å². The number of methoxy groups -OCH3 is 1. The Morgan fingerprint density at radius 2 is 1.78 bits per heavy atom. The van der Waals surface area contributed by atoms with Crippen LogP contribution in [0, 0.1) is 0 Å². The smallest absolute Gasteiger partial charge is 0.188 e. The zero-order valence-electron chi connectivity index (χ0n) is 14.9. The first-order chi connectivity index (χ1) is 10.7. The minimum atomic E-state index is 0. The number of piperidine rings is 1. The first-order valence-electron chi connectivity index (χ1n) is 8.97. The summed E-state index contributed by atoms with van der Waals surface area (Å²) in [7, 11) is 1.71. The molecule has 136 valence electrons. The van der Waals surface area contributed by atoms with E-state index in [9.17, 15) is 0 Å². The average Bonchev–Trinajstić information content (AvgIpc) is 2.55. The summed E-state index contributed by atoms with van der Waals surface area (Å²) in [6.45, 7) is 6.03. The molecule has 1 unspecified atom stereocenters. The van der Waals surface area contributed by atoms with Gasteiger partial charge in [-0.1, -0.05) is 25.7 Å². The lowest BCUT2D eigenvalue weighted by atomic mass is 9.79. The Hall–Kier alpha value is -0.0800. The Kier molecular flexibility index (Phi) is 9.77. The van der Waals surface area contributed by atoms with E-state index in [0.717, 1.165) is 6.54 Å². The third kappa shape index (κ3) is 6.38. The van der Waals surface area contributed by atoms with Crippen LogP contribution >= 0.6 is 24.0 Å². The number of halogens is 1. The lowest BCUT2D eigenvalue weighted by molar-refractivity contribution is 0.0407. The topological polar surface area (TPSA) is 62.9 Å². The molecule has 0 aromatic rings. The molecule has 6 heteroatoms. The van der Waals surface area contributed by atoms with Crippen LogP contribution in [0.25, 0.3) is 0 Å². The summed E-state index contributed by atoms with van der Waals surface area (Å²) in [5, 5.41) is 3.22. The van der Waals surface area contributed by atoms with Crippen molar-refractivity contribution in [2.45, 2.75) is 69.9 Å². The number of nitrogens with zero attached hydrogens (tertiary/aromatic N) is 2. The number of hydrogen-bond acceptors (Lipinski definition) is 3. The van der Waals surface area contributed by atoms with E-state index >= 15 is 0 Å². The van der Waals surface area contributed by atoms with Crippen molar-refractivity contribution in [2.24, 2.45) is 10.7 Å². The van der Waals surface area contributed by atoms with Crippen molar-refractivity contribution in [1.82, 2.24) is 10.2 Å². The van der Waals surface area contributed by atoms with Gasteiger partial charge in [0.1, 0.15) is 0 Å². The van der Waals surface area contributed by atoms with Crippen LogP contribution in [0.15, 0.2) is 4.99 Å². The van der Waals surface area contributed by atoms with E-state index in [2.05, 4.69) is 17.1 Å². The maximum absolute atomic E-state index is 6.08. The summed E-state index contributed by atoms with van der Waals surface area (Å²) >= 11 is 0. The second-order valence-electron chi connectivity index (χ2n) is 7.03. The molecule has 1 aliphatic carbocycles. The molecule has 0 spiro atoms. The fraction of sp³-hybridized carbons (Fsp3) is 0.941. The molecule has 2 aliphatic rings. The van der Waals surface area contributed by atoms with Crippen LogP contribution in [0.2, 0.25) is 0 Å². The molecule has 0 aromatic carbocycles. The summed E-state index contributed by atoms with van der Waals surface area (Å²) in [6.07, 6.45) is 10.6. The zero-order chi connectivity index (χ0) is 15.8. The maximum Gasteiger partial charge on any atom is 0.188 e. The molecule has 1 saturated carbocycles. The van der Waals surface area contributed by atoms with Crippen LogP contribution in [0.1, 0.15) is 58.3 Å². The fourth-order valence-corrected chi connectivity index (χ4v) is 3.97. The van der Waals surface area contributed by atoms with Crippen molar-refractivity contribution in [3.05, 3.63) is 0 Å². The molecule has 23 heavy (non-hydrogen) atoms. The van der Waals surface area contributed by atoms with E-state index in [0.29, 0.717) is 12.6 Å². The monoisotopic (exact) mass is 438 g/mol. The average molecular weight is 438 g/mol. The van der Waals surface area contributed by atoms with Gasteiger partial charge in [-0.25, -0.2) is 0 Å². The molecule has 1 aliphatic heterocycles. The highest BCUT2D eigenvalue weighted by atomic mass is 127. The number of nitrogens with one attached hydrogen (secondary N) is 1. The van der Waals surface area contributed by atoms with Gasteiger partial charge in [-0.3, -0.25) is 9.89 Å². The van der Waals surface area contributed by atoms with E-state index in [-0.39, 0.29) is 35.6 Å². The molecular formula is C17H35IN4O. The molecule has 0 aromatic heterocycles. The van der Waals surface area contributed by atoms with Crippen LogP contribution in [0.5, 0.6) is 0 Å². The Bertz CT molecular complexity index is 353. The van der Waals surface area contributed by atoms with Gasteiger partial charge in [0.2, 0.25) is 0 Å². The summed E-state index contributed by atoms with van der Waals surface area (Å²) < 4.78 is 5.13. The number of aliphatic imine (C=N–C) groups is 1. The van der Waals surface area contributed by atoms with Crippen molar-refractivity contribution in [3.63, 3.8) is 0 Å². The lowest BCUT2D eigenvalue weighted by Gasteiger charge is -2.47. The van der Waals surface area contributed by atoms with E-state index in [1.807, 2.05) is 0 Å². The molecule has 5 nitrogen and oxygen atoms in total. The Morgan fingerprint density at radius 3 is 2.39 bits per heavy atom. The van der Waals surface area contributed by atoms with Gasteiger partial charge in [-0.15, -0.1) is 24.0 Å². The van der Waals surface area contributed by atoms with Crippen LogP contribution < -0.4 is 11.1 Å². The number of guanidine groups is 1. The second kappa shape index (κ2) is 10.7. The van der Waals surface area contributed by atoms with Crippen molar-refractivity contribution in [2.75, 3.05) is 33.4 Å². The van der Waals surface area contributed by atoms with Crippen molar-refractivity contribution >= 4 is 29.9 Å².